The second-order valence-electron chi connectivity index (χ2n) is 6.75. The molecular weight excluding hydrogens is 232 g/mol. The van der Waals surface area contributed by atoms with E-state index in [-0.39, 0.29) is 0 Å². The van der Waals surface area contributed by atoms with Crippen LogP contribution in [0.5, 0.6) is 0 Å². The van der Waals surface area contributed by atoms with E-state index in [1.807, 2.05) is 0 Å². The highest BCUT2D eigenvalue weighted by molar-refractivity contribution is 5.21. The Morgan fingerprint density at radius 1 is 1.26 bits per heavy atom. The van der Waals surface area contributed by atoms with E-state index in [9.17, 15) is 0 Å². The molecule has 0 spiro atoms. The maximum Gasteiger partial charge on any atom is 0.0233 e. The fraction of sp³-hybridized carbons (Fsp3) is 0.647. The maximum absolute atomic E-state index is 5.74. The Balaban J connectivity index is 1.95. The third kappa shape index (κ3) is 3.80. The quantitative estimate of drug-likeness (QED) is 0.901. The smallest absolute Gasteiger partial charge is 0.0233 e. The summed E-state index contributed by atoms with van der Waals surface area (Å²) in [5.74, 6) is 0.784. The molecule has 0 bridgehead atoms. The number of nitrogens with zero attached hydrogens (tertiary/aromatic N) is 1. The molecule has 1 heterocycles. The molecule has 2 N–H and O–H groups in total. The summed E-state index contributed by atoms with van der Waals surface area (Å²) in [4.78, 5) is 2.59. The minimum absolute atomic E-state index is 0.391. The summed E-state index contributed by atoms with van der Waals surface area (Å²) in [5, 5.41) is 0. The molecule has 0 radical (unpaired) electrons. The van der Waals surface area contributed by atoms with Crippen LogP contribution in [0.1, 0.15) is 37.8 Å². The van der Waals surface area contributed by atoms with Gasteiger partial charge in [0.25, 0.3) is 0 Å². The second-order valence-corrected chi connectivity index (χ2v) is 6.75. The number of piperidine rings is 1. The van der Waals surface area contributed by atoms with Gasteiger partial charge in [-0.2, -0.15) is 0 Å². The average Bonchev–Trinajstić information content (AvgIpc) is 2.35. The molecule has 0 amide bonds. The lowest BCUT2D eigenvalue weighted by atomic mass is 9.72. The van der Waals surface area contributed by atoms with E-state index in [1.165, 1.54) is 37.1 Å². The van der Waals surface area contributed by atoms with Gasteiger partial charge in [-0.15, -0.1) is 0 Å². The van der Waals surface area contributed by atoms with Crippen molar-refractivity contribution in [3.8, 4) is 0 Å². The predicted octanol–water partition coefficient (Wildman–Crippen LogP) is 3.19. The molecule has 1 fully saturated rings. The molecule has 1 atom stereocenters. The zero-order valence-corrected chi connectivity index (χ0v) is 12.7. The van der Waals surface area contributed by atoms with Crippen molar-refractivity contribution in [1.29, 1.82) is 0 Å². The van der Waals surface area contributed by atoms with E-state index < -0.39 is 0 Å². The Hall–Kier alpha value is -0.860. The van der Waals surface area contributed by atoms with Crippen LogP contribution in [-0.4, -0.2) is 24.5 Å². The molecule has 2 heteroatoms. The molecule has 1 saturated heterocycles. The van der Waals surface area contributed by atoms with Crippen molar-refractivity contribution in [2.24, 2.45) is 17.1 Å². The third-order valence-electron chi connectivity index (χ3n) is 4.57. The van der Waals surface area contributed by atoms with Gasteiger partial charge >= 0.3 is 0 Å². The van der Waals surface area contributed by atoms with Crippen molar-refractivity contribution >= 4 is 0 Å². The van der Waals surface area contributed by atoms with Gasteiger partial charge in [-0.3, -0.25) is 4.90 Å². The summed E-state index contributed by atoms with van der Waals surface area (Å²) >= 11 is 0. The summed E-state index contributed by atoms with van der Waals surface area (Å²) in [7, 11) is 0. The van der Waals surface area contributed by atoms with Crippen LogP contribution in [0.3, 0.4) is 0 Å². The van der Waals surface area contributed by atoms with Crippen molar-refractivity contribution < 1.29 is 0 Å². The first-order valence-electron chi connectivity index (χ1n) is 7.49. The molecule has 0 aromatic heterocycles. The second kappa shape index (κ2) is 6.06. The Morgan fingerprint density at radius 3 is 2.53 bits per heavy atom. The molecule has 106 valence electrons. The fourth-order valence-electron chi connectivity index (χ4n) is 3.34. The molecule has 2 nitrogen and oxygen atoms in total. The first-order valence-corrected chi connectivity index (χ1v) is 7.49. The molecular formula is C17H28N2. The molecule has 2 rings (SSSR count). The number of hydrogen-bond acceptors (Lipinski definition) is 2. The summed E-state index contributed by atoms with van der Waals surface area (Å²) in [6.07, 6.45) is 2.46. The van der Waals surface area contributed by atoms with Crippen molar-refractivity contribution in [2.45, 2.75) is 40.2 Å². The van der Waals surface area contributed by atoms with Gasteiger partial charge in [0.15, 0.2) is 0 Å². The summed E-state index contributed by atoms with van der Waals surface area (Å²) < 4.78 is 0. The summed E-state index contributed by atoms with van der Waals surface area (Å²) in [6.45, 7) is 11.2. The Kier molecular flexibility index (Phi) is 4.64. The number of nitrogens with two attached hydrogens (primary N) is 1. The predicted molar refractivity (Wildman–Crippen MR) is 82.0 cm³/mol. The van der Waals surface area contributed by atoms with Gasteiger partial charge in [0.2, 0.25) is 0 Å². The highest BCUT2D eigenvalue weighted by atomic mass is 15.1. The van der Waals surface area contributed by atoms with Crippen molar-refractivity contribution in [3.05, 3.63) is 35.4 Å². The lowest BCUT2D eigenvalue weighted by Gasteiger charge is -2.44. The highest BCUT2D eigenvalue weighted by Crippen LogP contribution is 2.37. The van der Waals surface area contributed by atoms with E-state index in [0.29, 0.717) is 5.41 Å². The Morgan fingerprint density at radius 2 is 1.95 bits per heavy atom. The number of rotatable bonds is 4. The van der Waals surface area contributed by atoms with E-state index in [0.717, 1.165) is 19.0 Å². The first-order chi connectivity index (χ1) is 9.01. The zero-order valence-electron chi connectivity index (χ0n) is 12.7. The van der Waals surface area contributed by atoms with Gasteiger partial charge in [-0.25, -0.2) is 0 Å². The molecule has 0 saturated carbocycles. The largest absolute Gasteiger partial charge is 0.330 e. The minimum atomic E-state index is 0.391. The topological polar surface area (TPSA) is 29.3 Å². The minimum Gasteiger partial charge on any atom is -0.330 e. The van der Waals surface area contributed by atoms with Gasteiger partial charge in [0.05, 0.1) is 0 Å². The van der Waals surface area contributed by atoms with Crippen LogP contribution in [0.2, 0.25) is 0 Å². The monoisotopic (exact) mass is 260 g/mol. The normalized spacial score (nSPS) is 23.5. The lowest BCUT2D eigenvalue weighted by molar-refractivity contribution is 0.0471. The van der Waals surface area contributed by atoms with E-state index in [4.69, 9.17) is 5.73 Å². The van der Waals surface area contributed by atoms with Gasteiger partial charge in [0.1, 0.15) is 0 Å². The van der Waals surface area contributed by atoms with Crippen LogP contribution in [0.4, 0.5) is 0 Å². The standard InChI is InChI=1S/C17H28N2/c1-14-4-6-15(7-5-14)12-19-11-9-16(8-10-18)17(2,3)13-19/h4-7,16H,8-13,18H2,1-3H3. The van der Waals surface area contributed by atoms with Crippen molar-refractivity contribution in [3.63, 3.8) is 0 Å². The van der Waals surface area contributed by atoms with E-state index in [1.54, 1.807) is 0 Å². The summed E-state index contributed by atoms with van der Waals surface area (Å²) in [5.41, 5.74) is 8.90. The third-order valence-corrected chi connectivity index (χ3v) is 4.57. The van der Waals surface area contributed by atoms with E-state index >= 15 is 0 Å². The highest BCUT2D eigenvalue weighted by Gasteiger charge is 2.34. The number of hydrogen-bond donors (Lipinski definition) is 1. The molecule has 1 aromatic rings. The first kappa shape index (κ1) is 14.5. The van der Waals surface area contributed by atoms with Crippen LogP contribution in [0.25, 0.3) is 0 Å². The molecule has 1 aromatic carbocycles. The SMILES string of the molecule is Cc1ccc(CN2CCC(CCN)C(C)(C)C2)cc1. The van der Waals surface area contributed by atoms with Crippen molar-refractivity contribution in [2.75, 3.05) is 19.6 Å². The molecule has 1 aliphatic rings. The number of benzene rings is 1. The van der Waals surface area contributed by atoms with Gasteiger partial charge in [-0.1, -0.05) is 43.7 Å². The summed E-state index contributed by atoms with van der Waals surface area (Å²) in [6, 6.07) is 8.94. The van der Waals surface area contributed by atoms with E-state index in [2.05, 4.69) is 49.9 Å². The van der Waals surface area contributed by atoms with Gasteiger partial charge in [-0.05, 0) is 49.8 Å². The number of aryl methyl sites for hydroxylation is 1. The molecule has 1 unspecified atom stereocenters. The van der Waals surface area contributed by atoms with Crippen LogP contribution in [-0.2, 0) is 6.54 Å². The van der Waals surface area contributed by atoms with Crippen molar-refractivity contribution in [1.82, 2.24) is 4.90 Å². The average molecular weight is 260 g/mol. The number of likely N-dealkylation sites (tertiary alicyclic amines) is 1. The van der Waals surface area contributed by atoms with Crippen LogP contribution >= 0.6 is 0 Å². The van der Waals surface area contributed by atoms with Crippen LogP contribution < -0.4 is 5.73 Å². The Bertz CT molecular complexity index is 394. The van der Waals surface area contributed by atoms with Gasteiger partial charge in [0, 0.05) is 13.1 Å². The maximum atomic E-state index is 5.74. The van der Waals surface area contributed by atoms with Crippen LogP contribution in [0, 0.1) is 18.3 Å². The van der Waals surface area contributed by atoms with Crippen LogP contribution in [0.15, 0.2) is 24.3 Å². The fourth-order valence-corrected chi connectivity index (χ4v) is 3.34. The molecule has 1 aliphatic heterocycles. The molecule has 19 heavy (non-hydrogen) atoms. The zero-order chi connectivity index (χ0) is 13.9. The molecule has 0 aliphatic carbocycles. The Labute approximate surface area is 118 Å². The van der Waals surface area contributed by atoms with Gasteiger partial charge < -0.3 is 5.73 Å². The lowest BCUT2D eigenvalue weighted by Crippen LogP contribution is -2.45.